The van der Waals surface area contributed by atoms with Crippen molar-refractivity contribution in [3.05, 3.63) is 0 Å². The zero-order valence-electron chi connectivity index (χ0n) is 12.5. The number of amides is 1. The van der Waals surface area contributed by atoms with Gasteiger partial charge < -0.3 is 30.5 Å². The van der Waals surface area contributed by atoms with E-state index in [0.717, 1.165) is 0 Å². The van der Waals surface area contributed by atoms with Gasteiger partial charge in [0, 0.05) is 6.42 Å². The number of hydrogen-bond acceptors (Lipinski definition) is 7. The van der Waals surface area contributed by atoms with Gasteiger partial charge in [-0.15, -0.1) is 0 Å². The van der Waals surface area contributed by atoms with Gasteiger partial charge in [0.15, 0.2) is 6.10 Å². The maximum absolute atomic E-state index is 11.8. The molecule has 0 heterocycles. The molecule has 5 atom stereocenters. The molecule has 0 aromatic carbocycles. The second-order valence-electron chi connectivity index (χ2n) is 4.98. The van der Waals surface area contributed by atoms with Crippen LogP contribution < -0.4 is 5.32 Å². The molecule has 2 unspecified atom stereocenters. The van der Waals surface area contributed by atoms with E-state index in [2.05, 4.69) is 10.1 Å². The van der Waals surface area contributed by atoms with E-state index in [1.54, 1.807) is 6.92 Å². The molecule has 0 rings (SSSR count). The third kappa shape index (κ3) is 6.38. The smallest absolute Gasteiger partial charge is 0.328 e. The molecule has 0 radical (unpaired) electrons. The summed E-state index contributed by atoms with van der Waals surface area (Å²) in [6.45, 7) is 2.97. The molecule has 0 bridgehead atoms. The summed E-state index contributed by atoms with van der Waals surface area (Å²) in [5, 5.41) is 39.4. The number of ether oxygens (including phenoxy) is 1. The molecule has 1 amide bonds. The first kappa shape index (κ1) is 19.8. The van der Waals surface area contributed by atoms with Crippen LogP contribution in [0.3, 0.4) is 0 Å². The van der Waals surface area contributed by atoms with Crippen LogP contribution in [-0.4, -0.2) is 70.4 Å². The topological polar surface area (TPSA) is 136 Å². The first-order valence-corrected chi connectivity index (χ1v) is 6.81. The minimum atomic E-state index is -1.82. The number of nitrogens with one attached hydrogen (secondary N) is 1. The molecule has 0 aromatic heterocycles. The number of methoxy groups -OCH3 is 1. The maximum atomic E-state index is 11.8. The Kier molecular flexibility index (Phi) is 9.11. The predicted octanol–water partition coefficient (Wildman–Crippen LogP) is -1.84. The zero-order valence-corrected chi connectivity index (χ0v) is 12.5. The summed E-state index contributed by atoms with van der Waals surface area (Å²) in [6.07, 6.45) is -4.38. The minimum absolute atomic E-state index is 0.214. The zero-order chi connectivity index (χ0) is 16.6. The molecule has 0 aromatic rings. The molecule has 21 heavy (non-hydrogen) atoms. The van der Waals surface area contributed by atoms with Crippen LogP contribution in [0.5, 0.6) is 0 Å². The highest BCUT2D eigenvalue weighted by Crippen LogP contribution is 2.11. The molecular weight excluding hydrogens is 282 g/mol. The molecule has 124 valence electrons. The van der Waals surface area contributed by atoms with Crippen LogP contribution in [0.1, 0.15) is 26.7 Å². The fraction of sp³-hybridized carbons (Fsp3) is 0.846. The van der Waals surface area contributed by atoms with Gasteiger partial charge >= 0.3 is 5.97 Å². The van der Waals surface area contributed by atoms with Crippen LogP contribution in [0, 0.1) is 5.92 Å². The van der Waals surface area contributed by atoms with E-state index < -0.39 is 42.8 Å². The maximum Gasteiger partial charge on any atom is 0.328 e. The van der Waals surface area contributed by atoms with Crippen molar-refractivity contribution in [2.24, 2.45) is 5.92 Å². The summed E-state index contributed by atoms with van der Waals surface area (Å²) in [5.41, 5.74) is 0. The van der Waals surface area contributed by atoms with Crippen molar-refractivity contribution in [2.45, 2.75) is 51.0 Å². The average molecular weight is 307 g/mol. The van der Waals surface area contributed by atoms with Crippen LogP contribution in [0.25, 0.3) is 0 Å². The lowest BCUT2D eigenvalue weighted by atomic mass is 9.98. The van der Waals surface area contributed by atoms with Crippen LogP contribution in [0.4, 0.5) is 0 Å². The van der Waals surface area contributed by atoms with Crippen molar-refractivity contribution < 1.29 is 34.8 Å². The normalized spacial score (nSPS) is 18.2. The molecule has 0 saturated heterocycles. The Bertz CT molecular complexity index is 336. The number of aliphatic hydroxyl groups excluding tert-OH is 4. The van der Waals surface area contributed by atoms with Gasteiger partial charge in [-0.3, -0.25) is 4.79 Å². The lowest BCUT2D eigenvalue weighted by molar-refractivity contribution is -0.149. The molecule has 5 N–H and O–H groups in total. The van der Waals surface area contributed by atoms with E-state index in [4.69, 9.17) is 10.2 Å². The molecule has 0 aliphatic carbocycles. The van der Waals surface area contributed by atoms with Crippen LogP contribution in [0.2, 0.25) is 0 Å². The lowest BCUT2D eigenvalue weighted by Crippen LogP contribution is -2.52. The van der Waals surface area contributed by atoms with E-state index in [-0.39, 0.29) is 12.3 Å². The SMILES string of the molecule is CCC(C)C(NC(=O)[C@H](O)[C@@H](O)C[C@H](O)CO)C(=O)OC. The van der Waals surface area contributed by atoms with Gasteiger partial charge in [-0.1, -0.05) is 20.3 Å². The minimum Gasteiger partial charge on any atom is -0.467 e. The third-order valence-corrected chi connectivity index (χ3v) is 3.32. The molecule has 0 fully saturated rings. The van der Waals surface area contributed by atoms with Gasteiger partial charge in [-0.25, -0.2) is 4.79 Å². The van der Waals surface area contributed by atoms with E-state index in [0.29, 0.717) is 6.42 Å². The van der Waals surface area contributed by atoms with Crippen molar-refractivity contribution in [3.8, 4) is 0 Å². The summed E-state index contributed by atoms with van der Waals surface area (Å²) in [6, 6.07) is -0.933. The number of carbonyl (C=O) groups is 2. The van der Waals surface area contributed by atoms with E-state index in [1.807, 2.05) is 6.92 Å². The third-order valence-electron chi connectivity index (χ3n) is 3.32. The molecule has 8 nitrogen and oxygen atoms in total. The van der Waals surface area contributed by atoms with Crippen molar-refractivity contribution in [2.75, 3.05) is 13.7 Å². The first-order chi connectivity index (χ1) is 9.78. The quantitative estimate of drug-likeness (QED) is 0.316. The van der Waals surface area contributed by atoms with E-state index in [1.165, 1.54) is 7.11 Å². The Balaban J connectivity index is 4.70. The fourth-order valence-electron chi connectivity index (χ4n) is 1.69. The van der Waals surface area contributed by atoms with Gasteiger partial charge in [-0.2, -0.15) is 0 Å². The number of rotatable bonds is 9. The van der Waals surface area contributed by atoms with E-state index in [9.17, 15) is 19.8 Å². The Hall–Kier alpha value is -1.22. The summed E-state index contributed by atoms with van der Waals surface area (Å²) in [4.78, 5) is 23.4. The second-order valence-corrected chi connectivity index (χ2v) is 4.98. The van der Waals surface area contributed by atoms with Gasteiger partial charge in [0.25, 0.3) is 5.91 Å². The average Bonchev–Trinajstić information content (AvgIpc) is 2.49. The summed E-state index contributed by atoms with van der Waals surface area (Å²) >= 11 is 0. The highest BCUT2D eigenvalue weighted by molar-refractivity contribution is 5.87. The van der Waals surface area contributed by atoms with Crippen LogP contribution in [-0.2, 0) is 14.3 Å². The van der Waals surface area contributed by atoms with Gasteiger partial charge in [0.1, 0.15) is 6.04 Å². The Morgan fingerprint density at radius 3 is 2.24 bits per heavy atom. The Morgan fingerprint density at radius 2 is 1.81 bits per heavy atom. The Morgan fingerprint density at radius 1 is 1.24 bits per heavy atom. The number of aliphatic hydroxyl groups is 4. The number of carbonyl (C=O) groups excluding carboxylic acids is 2. The van der Waals surface area contributed by atoms with Crippen molar-refractivity contribution in [1.82, 2.24) is 5.32 Å². The number of hydrogen-bond donors (Lipinski definition) is 5. The summed E-state index contributed by atoms with van der Waals surface area (Å²) < 4.78 is 4.59. The van der Waals surface area contributed by atoms with Crippen molar-refractivity contribution in [3.63, 3.8) is 0 Å². The van der Waals surface area contributed by atoms with Crippen LogP contribution in [0.15, 0.2) is 0 Å². The van der Waals surface area contributed by atoms with Crippen LogP contribution >= 0.6 is 0 Å². The van der Waals surface area contributed by atoms with Gasteiger partial charge in [0.05, 0.1) is 25.9 Å². The Labute approximate surface area is 123 Å². The second kappa shape index (κ2) is 9.67. The summed E-state index contributed by atoms with van der Waals surface area (Å²) in [5.74, 6) is -1.80. The monoisotopic (exact) mass is 307 g/mol. The fourth-order valence-corrected chi connectivity index (χ4v) is 1.69. The molecule has 8 heteroatoms. The molecule has 0 saturated carbocycles. The predicted molar refractivity (Wildman–Crippen MR) is 73.1 cm³/mol. The van der Waals surface area contributed by atoms with E-state index >= 15 is 0 Å². The molecule has 0 aliphatic heterocycles. The lowest BCUT2D eigenvalue weighted by Gasteiger charge is -2.25. The molecule has 0 spiro atoms. The molecular formula is C13H25NO7. The standard InChI is InChI=1S/C13H25NO7/c1-4-7(2)10(13(20)21-3)14-12(19)11(18)9(17)5-8(16)6-15/h7-11,15-18H,4-6H2,1-3H3,(H,14,19)/t7?,8-,9-,10?,11+/m0/s1. The highest BCUT2D eigenvalue weighted by atomic mass is 16.5. The first-order valence-electron chi connectivity index (χ1n) is 6.81. The van der Waals surface area contributed by atoms with Gasteiger partial charge in [0.2, 0.25) is 0 Å². The largest absolute Gasteiger partial charge is 0.467 e. The van der Waals surface area contributed by atoms with Crippen molar-refractivity contribution in [1.29, 1.82) is 0 Å². The summed E-state index contributed by atoms with van der Waals surface area (Å²) in [7, 11) is 1.19. The van der Waals surface area contributed by atoms with Crippen molar-refractivity contribution >= 4 is 11.9 Å². The molecule has 0 aliphatic rings. The highest BCUT2D eigenvalue weighted by Gasteiger charge is 2.32. The van der Waals surface area contributed by atoms with Gasteiger partial charge in [-0.05, 0) is 5.92 Å². The number of esters is 1.